The van der Waals surface area contributed by atoms with Gasteiger partial charge in [-0.2, -0.15) is 0 Å². The Morgan fingerprint density at radius 3 is 2.62 bits per heavy atom. The molecule has 1 saturated heterocycles. The number of amides is 1. The number of hydrogen-bond acceptors (Lipinski definition) is 5. The van der Waals surface area contributed by atoms with Gasteiger partial charge in [-0.15, -0.1) is 0 Å². The first kappa shape index (κ1) is 18.7. The number of halogens is 1. The van der Waals surface area contributed by atoms with Gasteiger partial charge in [0.05, 0.1) is 19.2 Å². The summed E-state index contributed by atoms with van der Waals surface area (Å²) in [5.41, 5.74) is 2.76. The average Bonchev–Trinajstić information content (AvgIpc) is 2.94. The number of methoxy groups -OCH3 is 1. The largest absolute Gasteiger partial charge is 0.496 e. The summed E-state index contributed by atoms with van der Waals surface area (Å²) in [7, 11) is 1.66. The van der Waals surface area contributed by atoms with E-state index in [2.05, 4.69) is 10.1 Å². The molecule has 1 fully saturated rings. The van der Waals surface area contributed by atoms with E-state index in [4.69, 9.17) is 20.9 Å². The highest BCUT2D eigenvalue weighted by atomic mass is 35.5. The molecule has 0 N–H and O–H groups in total. The van der Waals surface area contributed by atoms with Crippen LogP contribution in [0.1, 0.15) is 22.6 Å². The van der Waals surface area contributed by atoms with Gasteiger partial charge in [-0.1, -0.05) is 16.8 Å². The third-order valence-electron chi connectivity index (χ3n) is 4.87. The quantitative estimate of drug-likeness (QED) is 0.801. The normalized spacial score (nSPS) is 15.3. The summed E-state index contributed by atoms with van der Waals surface area (Å²) in [5.74, 6) is 1.69. The van der Waals surface area contributed by atoms with Crippen LogP contribution in [-0.2, 0) is 17.8 Å². The molecule has 2 heterocycles. The summed E-state index contributed by atoms with van der Waals surface area (Å²) >= 11 is 6.11. The maximum atomic E-state index is 12.6. The molecule has 1 amide bonds. The van der Waals surface area contributed by atoms with Gasteiger partial charge in [0, 0.05) is 48.9 Å². The second-order valence-corrected chi connectivity index (χ2v) is 7.03. The summed E-state index contributed by atoms with van der Waals surface area (Å²) in [6, 6.07) is 5.66. The molecule has 0 saturated carbocycles. The van der Waals surface area contributed by atoms with Crippen LogP contribution in [0.15, 0.2) is 22.7 Å². The Bertz CT molecular complexity index is 763. The minimum Gasteiger partial charge on any atom is -0.496 e. The molecule has 6 nitrogen and oxygen atoms in total. The van der Waals surface area contributed by atoms with Gasteiger partial charge < -0.3 is 14.2 Å². The lowest BCUT2D eigenvalue weighted by Gasteiger charge is -2.35. The van der Waals surface area contributed by atoms with Crippen molar-refractivity contribution in [2.75, 3.05) is 33.3 Å². The second kappa shape index (κ2) is 8.10. The monoisotopic (exact) mass is 377 g/mol. The standard InChI is InChI=1S/C19H24ClN3O3/c1-13-17(14(2)26-21-13)11-19(24)23-8-6-22(7-9-23)12-15-10-16(20)4-5-18(15)25-3/h4-5,10H,6-9,11-12H2,1-3H3. The van der Waals surface area contributed by atoms with Crippen LogP contribution in [-0.4, -0.2) is 54.2 Å². The Morgan fingerprint density at radius 1 is 1.27 bits per heavy atom. The van der Waals surface area contributed by atoms with E-state index in [0.29, 0.717) is 24.5 Å². The van der Waals surface area contributed by atoms with Crippen molar-refractivity contribution in [3.8, 4) is 5.75 Å². The number of aryl methyl sites for hydroxylation is 2. The van der Waals surface area contributed by atoms with Gasteiger partial charge in [0.25, 0.3) is 0 Å². The van der Waals surface area contributed by atoms with Gasteiger partial charge in [0.1, 0.15) is 11.5 Å². The number of rotatable bonds is 5. The molecule has 0 unspecified atom stereocenters. The van der Waals surface area contributed by atoms with Crippen LogP contribution in [0.4, 0.5) is 0 Å². The van der Waals surface area contributed by atoms with E-state index in [-0.39, 0.29) is 5.91 Å². The first-order chi connectivity index (χ1) is 12.5. The Labute approximate surface area is 158 Å². The van der Waals surface area contributed by atoms with E-state index in [1.54, 1.807) is 7.11 Å². The summed E-state index contributed by atoms with van der Waals surface area (Å²) in [5, 5.41) is 4.62. The molecule has 1 aromatic heterocycles. The zero-order valence-corrected chi connectivity index (χ0v) is 16.2. The first-order valence-electron chi connectivity index (χ1n) is 8.72. The molecular weight excluding hydrogens is 354 g/mol. The van der Waals surface area contributed by atoms with Crippen LogP contribution in [0, 0.1) is 13.8 Å². The lowest BCUT2D eigenvalue weighted by atomic mass is 10.1. The van der Waals surface area contributed by atoms with Gasteiger partial charge >= 0.3 is 0 Å². The molecule has 0 atom stereocenters. The predicted octanol–water partition coefficient (Wildman–Crippen LogP) is 2.84. The SMILES string of the molecule is COc1ccc(Cl)cc1CN1CCN(C(=O)Cc2c(C)noc2C)CC1. The molecule has 0 radical (unpaired) electrons. The van der Waals surface area contributed by atoms with Crippen molar-refractivity contribution in [2.45, 2.75) is 26.8 Å². The molecule has 0 spiro atoms. The van der Waals surface area contributed by atoms with Crippen molar-refractivity contribution in [1.29, 1.82) is 0 Å². The number of ether oxygens (including phenoxy) is 1. The molecule has 1 aromatic carbocycles. The fourth-order valence-corrected chi connectivity index (χ4v) is 3.48. The lowest BCUT2D eigenvalue weighted by molar-refractivity contribution is -0.132. The summed E-state index contributed by atoms with van der Waals surface area (Å²) in [4.78, 5) is 16.8. The highest BCUT2D eigenvalue weighted by molar-refractivity contribution is 6.30. The maximum absolute atomic E-state index is 12.6. The van der Waals surface area contributed by atoms with Crippen LogP contribution in [0.5, 0.6) is 5.75 Å². The number of nitrogens with zero attached hydrogens (tertiary/aromatic N) is 3. The zero-order chi connectivity index (χ0) is 18.7. The molecule has 140 valence electrons. The van der Waals surface area contributed by atoms with E-state index in [0.717, 1.165) is 48.0 Å². The van der Waals surface area contributed by atoms with Crippen molar-refractivity contribution >= 4 is 17.5 Å². The predicted molar refractivity (Wildman–Crippen MR) is 99.5 cm³/mol. The Kier molecular flexibility index (Phi) is 5.84. The Balaban J connectivity index is 1.56. The average molecular weight is 378 g/mol. The van der Waals surface area contributed by atoms with Gasteiger partial charge in [-0.25, -0.2) is 0 Å². The van der Waals surface area contributed by atoms with Crippen molar-refractivity contribution in [3.05, 3.63) is 45.8 Å². The van der Waals surface area contributed by atoms with Crippen LogP contribution in [0.25, 0.3) is 0 Å². The van der Waals surface area contributed by atoms with Crippen LogP contribution < -0.4 is 4.74 Å². The maximum Gasteiger partial charge on any atom is 0.227 e. The van der Waals surface area contributed by atoms with Crippen LogP contribution in [0.3, 0.4) is 0 Å². The van der Waals surface area contributed by atoms with Crippen molar-refractivity contribution in [2.24, 2.45) is 0 Å². The second-order valence-electron chi connectivity index (χ2n) is 6.59. The van der Waals surface area contributed by atoms with E-state index in [9.17, 15) is 4.79 Å². The third kappa shape index (κ3) is 4.19. The molecule has 0 aliphatic carbocycles. The van der Waals surface area contributed by atoms with Crippen molar-refractivity contribution in [1.82, 2.24) is 15.0 Å². The Hall–Kier alpha value is -2.05. The van der Waals surface area contributed by atoms with Crippen molar-refractivity contribution in [3.63, 3.8) is 0 Å². The summed E-state index contributed by atoms with van der Waals surface area (Å²) in [6.45, 7) is 7.55. The van der Waals surface area contributed by atoms with E-state index in [1.807, 2.05) is 36.9 Å². The smallest absolute Gasteiger partial charge is 0.227 e. The highest BCUT2D eigenvalue weighted by Crippen LogP contribution is 2.24. The number of carbonyl (C=O) groups is 1. The summed E-state index contributed by atoms with van der Waals surface area (Å²) in [6.07, 6.45) is 0.350. The summed E-state index contributed by atoms with van der Waals surface area (Å²) < 4.78 is 10.6. The molecule has 3 rings (SSSR count). The molecule has 2 aromatic rings. The topological polar surface area (TPSA) is 58.8 Å². The van der Waals surface area contributed by atoms with Crippen LogP contribution >= 0.6 is 11.6 Å². The van der Waals surface area contributed by atoms with Crippen LogP contribution in [0.2, 0.25) is 5.02 Å². The molecule has 0 bridgehead atoms. The number of carbonyl (C=O) groups excluding carboxylic acids is 1. The minimum absolute atomic E-state index is 0.124. The zero-order valence-electron chi connectivity index (χ0n) is 15.4. The van der Waals surface area contributed by atoms with Gasteiger partial charge in [-0.05, 0) is 32.0 Å². The first-order valence-corrected chi connectivity index (χ1v) is 9.10. The number of hydrogen-bond donors (Lipinski definition) is 0. The molecule has 1 aliphatic rings. The Morgan fingerprint density at radius 2 is 2.00 bits per heavy atom. The van der Waals surface area contributed by atoms with E-state index in [1.165, 1.54) is 0 Å². The molecule has 1 aliphatic heterocycles. The van der Waals surface area contributed by atoms with Crippen molar-refractivity contribution < 1.29 is 14.1 Å². The van der Waals surface area contributed by atoms with Gasteiger partial charge in [0.2, 0.25) is 5.91 Å². The molecule has 7 heteroatoms. The fraction of sp³-hybridized carbons (Fsp3) is 0.474. The van der Waals surface area contributed by atoms with E-state index < -0.39 is 0 Å². The van der Waals surface area contributed by atoms with E-state index >= 15 is 0 Å². The molecular formula is C19H24ClN3O3. The molecule has 26 heavy (non-hydrogen) atoms. The van der Waals surface area contributed by atoms with Gasteiger partial charge in [0.15, 0.2) is 0 Å². The number of benzene rings is 1. The van der Waals surface area contributed by atoms with Gasteiger partial charge in [-0.3, -0.25) is 9.69 Å². The number of piperazine rings is 1. The number of aromatic nitrogens is 1. The fourth-order valence-electron chi connectivity index (χ4n) is 3.28. The highest BCUT2D eigenvalue weighted by Gasteiger charge is 2.23. The third-order valence-corrected chi connectivity index (χ3v) is 5.11. The lowest BCUT2D eigenvalue weighted by Crippen LogP contribution is -2.48. The minimum atomic E-state index is 0.124.